The maximum absolute atomic E-state index is 5.85. The summed E-state index contributed by atoms with van der Waals surface area (Å²) >= 11 is 0. The molecule has 4 N–H and O–H groups in total. The Morgan fingerprint density at radius 2 is 1.94 bits per heavy atom. The van der Waals surface area contributed by atoms with Crippen LogP contribution in [0.2, 0.25) is 0 Å². The predicted octanol–water partition coefficient (Wildman–Crippen LogP) is 2.97. The molecule has 3 aromatic rings. The van der Waals surface area contributed by atoms with E-state index in [1.165, 1.54) is 0 Å². The van der Waals surface area contributed by atoms with Gasteiger partial charge in [0, 0.05) is 22.5 Å². The van der Waals surface area contributed by atoms with Crippen LogP contribution < -0.4 is 11.5 Å². The van der Waals surface area contributed by atoms with Gasteiger partial charge in [0.05, 0.1) is 0 Å². The molecule has 0 spiro atoms. The van der Waals surface area contributed by atoms with Gasteiger partial charge in [0.15, 0.2) is 5.58 Å². The number of nitrogens with zero attached hydrogens (tertiary/aromatic N) is 1. The molecule has 18 heavy (non-hydrogen) atoms. The van der Waals surface area contributed by atoms with Crippen molar-refractivity contribution < 1.29 is 4.42 Å². The van der Waals surface area contributed by atoms with Crippen LogP contribution >= 0.6 is 0 Å². The molecule has 2 aromatic carbocycles. The molecule has 0 saturated heterocycles. The normalized spacial score (nSPS) is 10.9. The van der Waals surface area contributed by atoms with Crippen LogP contribution in [0.3, 0.4) is 0 Å². The van der Waals surface area contributed by atoms with Crippen LogP contribution in [0.1, 0.15) is 5.56 Å². The number of rotatable bonds is 1. The van der Waals surface area contributed by atoms with E-state index in [9.17, 15) is 0 Å². The maximum Gasteiger partial charge on any atom is 0.227 e. The molecule has 0 aliphatic carbocycles. The van der Waals surface area contributed by atoms with Crippen molar-refractivity contribution in [1.82, 2.24) is 4.98 Å². The molecule has 1 heterocycles. The second-order valence-electron chi connectivity index (χ2n) is 4.27. The van der Waals surface area contributed by atoms with Gasteiger partial charge in [0.1, 0.15) is 5.52 Å². The molecule has 0 unspecified atom stereocenters. The first kappa shape index (κ1) is 10.7. The van der Waals surface area contributed by atoms with Crippen molar-refractivity contribution in [3.63, 3.8) is 0 Å². The first-order chi connectivity index (χ1) is 8.65. The third-order valence-electron chi connectivity index (χ3n) is 2.98. The minimum Gasteiger partial charge on any atom is -0.436 e. The van der Waals surface area contributed by atoms with Gasteiger partial charge in [0.25, 0.3) is 0 Å². The van der Waals surface area contributed by atoms with Gasteiger partial charge in [0.2, 0.25) is 5.89 Å². The summed E-state index contributed by atoms with van der Waals surface area (Å²) in [5.74, 6) is 0.561. The molecule has 1 aromatic heterocycles. The summed E-state index contributed by atoms with van der Waals surface area (Å²) in [5, 5.41) is 0. The Morgan fingerprint density at radius 3 is 2.72 bits per heavy atom. The topological polar surface area (TPSA) is 78.1 Å². The minimum atomic E-state index is 0.561. The minimum absolute atomic E-state index is 0.561. The summed E-state index contributed by atoms with van der Waals surface area (Å²) in [5.41, 5.74) is 16.3. The number of aromatic nitrogens is 1. The van der Waals surface area contributed by atoms with Gasteiger partial charge in [-0.2, -0.15) is 0 Å². The fourth-order valence-electron chi connectivity index (χ4n) is 1.93. The molecule has 0 saturated carbocycles. The Morgan fingerprint density at radius 1 is 1.11 bits per heavy atom. The molecule has 0 fully saturated rings. The van der Waals surface area contributed by atoms with Crippen molar-refractivity contribution in [3.8, 4) is 11.5 Å². The molecule has 0 radical (unpaired) electrons. The quantitative estimate of drug-likeness (QED) is 0.640. The van der Waals surface area contributed by atoms with Gasteiger partial charge in [-0.3, -0.25) is 0 Å². The fraction of sp³-hybridized carbons (Fsp3) is 0.0714. The Balaban J connectivity index is 2.23. The predicted molar refractivity (Wildman–Crippen MR) is 73.0 cm³/mol. The van der Waals surface area contributed by atoms with E-state index in [1.54, 1.807) is 0 Å². The van der Waals surface area contributed by atoms with Crippen molar-refractivity contribution in [2.45, 2.75) is 6.92 Å². The van der Waals surface area contributed by atoms with E-state index >= 15 is 0 Å². The highest BCUT2D eigenvalue weighted by molar-refractivity contribution is 5.83. The van der Waals surface area contributed by atoms with E-state index in [1.807, 2.05) is 43.3 Å². The second kappa shape index (κ2) is 3.77. The van der Waals surface area contributed by atoms with Crippen LogP contribution in [-0.2, 0) is 0 Å². The largest absolute Gasteiger partial charge is 0.436 e. The Kier molecular flexibility index (Phi) is 2.23. The SMILES string of the molecule is Cc1c(N)ccc2nc(-c3cccc(N)c3)oc12. The second-order valence-corrected chi connectivity index (χ2v) is 4.27. The molecule has 0 bridgehead atoms. The van der Waals surface area contributed by atoms with Gasteiger partial charge in [-0.05, 0) is 37.3 Å². The first-order valence-corrected chi connectivity index (χ1v) is 5.66. The molecule has 90 valence electrons. The summed E-state index contributed by atoms with van der Waals surface area (Å²) in [4.78, 5) is 4.45. The highest BCUT2D eigenvalue weighted by Gasteiger charge is 2.11. The number of aryl methyl sites for hydroxylation is 1. The van der Waals surface area contributed by atoms with Crippen LogP contribution in [0.25, 0.3) is 22.6 Å². The van der Waals surface area contributed by atoms with Gasteiger partial charge in [-0.1, -0.05) is 6.07 Å². The monoisotopic (exact) mass is 239 g/mol. The number of fused-ring (bicyclic) bond motifs is 1. The highest BCUT2D eigenvalue weighted by Crippen LogP contribution is 2.29. The first-order valence-electron chi connectivity index (χ1n) is 5.66. The number of nitrogen functional groups attached to an aromatic ring is 2. The zero-order valence-electron chi connectivity index (χ0n) is 9.97. The summed E-state index contributed by atoms with van der Waals surface area (Å²) in [7, 11) is 0. The van der Waals surface area contributed by atoms with Crippen molar-refractivity contribution in [3.05, 3.63) is 42.0 Å². The molecule has 4 nitrogen and oxygen atoms in total. The van der Waals surface area contributed by atoms with Crippen molar-refractivity contribution in [2.75, 3.05) is 11.5 Å². The lowest BCUT2D eigenvalue weighted by molar-refractivity contribution is 0.617. The van der Waals surface area contributed by atoms with Crippen LogP contribution in [0, 0.1) is 6.92 Å². The van der Waals surface area contributed by atoms with Crippen molar-refractivity contribution >= 4 is 22.5 Å². The Hall–Kier alpha value is -2.49. The Bertz CT molecular complexity index is 731. The number of benzene rings is 2. The maximum atomic E-state index is 5.85. The average molecular weight is 239 g/mol. The third-order valence-corrected chi connectivity index (χ3v) is 2.98. The van der Waals surface area contributed by atoms with Crippen LogP contribution in [0.4, 0.5) is 11.4 Å². The highest BCUT2D eigenvalue weighted by atomic mass is 16.3. The van der Waals surface area contributed by atoms with Gasteiger partial charge in [-0.15, -0.1) is 0 Å². The summed E-state index contributed by atoms with van der Waals surface area (Å²) in [6.07, 6.45) is 0. The van der Waals surface area contributed by atoms with Gasteiger partial charge >= 0.3 is 0 Å². The van der Waals surface area contributed by atoms with E-state index in [2.05, 4.69) is 4.98 Å². The number of nitrogens with two attached hydrogens (primary N) is 2. The van der Waals surface area contributed by atoms with Crippen LogP contribution in [0.15, 0.2) is 40.8 Å². The standard InChI is InChI=1S/C14H13N3O/c1-8-11(16)5-6-12-13(8)18-14(17-12)9-3-2-4-10(15)7-9/h2-7H,15-16H2,1H3. The number of hydrogen-bond donors (Lipinski definition) is 2. The summed E-state index contributed by atoms with van der Waals surface area (Å²) in [6.45, 7) is 1.92. The zero-order valence-corrected chi connectivity index (χ0v) is 9.97. The molecule has 4 heteroatoms. The zero-order chi connectivity index (χ0) is 12.7. The smallest absolute Gasteiger partial charge is 0.227 e. The van der Waals surface area contributed by atoms with Crippen molar-refractivity contribution in [1.29, 1.82) is 0 Å². The number of anilines is 2. The molecular formula is C14H13N3O. The van der Waals surface area contributed by atoms with Gasteiger partial charge in [-0.25, -0.2) is 4.98 Å². The van der Waals surface area contributed by atoms with E-state index in [0.717, 1.165) is 22.2 Å². The number of hydrogen-bond acceptors (Lipinski definition) is 4. The lowest BCUT2D eigenvalue weighted by atomic mass is 10.2. The molecular weight excluding hydrogens is 226 g/mol. The lowest BCUT2D eigenvalue weighted by Gasteiger charge is -1.98. The van der Waals surface area contributed by atoms with Crippen LogP contribution in [-0.4, -0.2) is 4.98 Å². The third kappa shape index (κ3) is 1.59. The van der Waals surface area contributed by atoms with E-state index in [0.29, 0.717) is 17.3 Å². The Labute approximate surface area is 104 Å². The molecule has 0 atom stereocenters. The van der Waals surface area contributed by atoms with E-state index in [-0.39, 0.29) is 0 Å². The molecule has 0 amide bonds. The molecule has 3 rings (SSSR count). The van der Waals surface area contributed by atoms with E-state index < -0.39 is 0 Å². The molecule has 0 aliphatic rings. The average Bonchev–Trinajstić information content (AvgIpc) is 2.79. The summed E-state index contributed by atoms with van der Waals surface area (Å²) < 4.78 is 5.77. The lowest BCUT2D eigenvalue weighted by Crippen LogP contribution is -1.88. The van der Waals surface area contributed by atoms with Crippen molar-refractivity contribution in [2.24, 2.45) is 0 Å². The summed E-state index contributed by atoms with van der Waals surface area (Å²) in [6, 6.07) is 11.2. The fourth-order valence-corrected chi connectivity index (χ4v) is 1.93. The van der Waals surface area contributed by atoms with E-state index in [4.69, 9.17) is 15.9 Å². The number of oxazole rings is 1. The van der Waals surface area contributed by atoms with Crippen LogP contribution in [0.5, 0.6) is 0 Å². The van der Waals surface area contributed by atoms with Gasteiger partial charge < -0.3 is 15.9 Å². The molecule has 0 aliphatic heterocycles.